The highest BCUT2D eigenvalue weighted by atomic mass is 35.5. The molecule has 3 atom stereocenters. The lowest BCUT2D eigenvalue weighted by Crippen LogP contribution is -2.40. The van der Waals surface area contributed by atoms with Crippen molar-refractivity contribution in [1.29, 1.82) is 0 Å². The van der Waals surface area contributed by atoms with Gasteiger partial charge in [0, 0.05) is 37.6 Å². The van der Waals surface area contributed by atoms with Crippen molar-refractivity contribution in [3.63, 3.8) is 0 Å². The van der Waals surface area contributed by atoms with Crippen molar-refractivity contribution in [3.05, 3.63) is 35.9 Å². The first-order chi connectivity index (χ1) is 10.1. The molecule has 2 bridgehead atoms. The zero-order chi connectivity index (χ0) is 14.8. The molecule has 1 aromatic rings. The Labute approximate surface area is 139 Å². The van der Waals surface area contributed by atoms with E-state index < -0.39 is 0 Å². The summed E-state index contributed by atoms with van der Waals surface area (Å²) >= 11 is 0. The molecule has 4 nitrogen and oxygen atoms in total. The van der Waals surface area contributed by atoms with Crippen molar-refractivity contribution < 1.29 is 4.79 Å². The summed E-state index contributed by atoms with van der Waals surface area (Å²) in [6, 6.07) is 10.9. The van der Waals surface area contributed by atoms with Gasteiger partial charge in [-0.1, -0.05) is 30.3 Å². The van der Waals surface area contributed by atoms with Gasteiger partial charge >= 0.3 is 0 Å². The number of rotatable bonds is 3. The third kappa shape index (κ3) is 3.62. The van der Waals surface area contributed by atoms with E-state index in [1.807, 2.05) is 35.2 Å². The largest absolute Gasteiger partial charge is 0.341 e. The van der Waals surface area contributed by atoms with E-state index in [0.717, 1.165) is 25.1 Å². The normalized spacial score (nSPS) is 26.2. The van der Waals surface area contributed by atoms with Crippen molar-refractivity contribution in [3.8, 4) is 0 Å². The van der Waals surface area contributed by atoms with Crippen molar-refractivity contribution >= 4 is 18.3 Å². The summed E-state index contributed by atoms with van der Waals surface area (Å²) in [6.07, 6.45) is 4.01. The minimum atomic E-state index is -0.197. The predicted octanol–water partition coefficient (Wildman–Crippen LogP) is 2.19. The lowest BCUT2D eigenvalue weighted by atomic mass is 10.0. The monoisotopic (exact) mass is 323 g/mol. The SMILES string of the molecule is CN1C2CCC1CN(C(=O)CC(N)c1ccccc1)CC2.Cl. The van der Waals surface area contributed by atoms with Crippen LogP contribution in [0.4, 0.5) is 0 Å². The number of likely N-dealkylation sites (tertiary alicyclic amines) is 1. The minimum absolute atomic E-state index is 0. The average Bonchev–Trinajstić information content (AvgIpc) is 2.72. The second-order valence-corrected chi connectivity index (χ2v) is 6.40. The summed E-state index contributed by atoms with van der Waals surface area (Å²) in [5, 5.41) is 0. The summed E-state index contributed by atoms with van der Waals surface area (Å²) in [5.41, 5.74) is 7.23. The molecular formula is C17H26ClN3O. The first kappa shape index (κ1) is 17.3. The summed E-state index contributed by atoms with van der Waals surface area (Å²) in [7, 11) is 2.20. The van der Waals surface area contributed by atoms with Crippen LogP contribution in [-0.4, -0.2) is 47.9 Å². The Hall–Kier alpha value is -1.10. The van der Waals surface area contributed by atoms with E-state index in [1.54, 1.807) is 0 Å². The average molecular weight is 324 g/mol. The molecule has 3 unspecified atom stereocenters. The third-order valence-corrected chi connectivity index (χ3v) is 5.12. The molecule has 0 saturated carbocycles. The smallest absolute Gasteiger partial charge is 0.224 e. The van der Waals surface area contributed by atoms with Crippen molar-refractivity contribution in [1.82, 2.24) is 9.80 Å². The number of amides is 1. The first-order valence-corrected chi connectivity index (χ1v) is 7.95. The molecule has 2 fully saturated rings. The molecular weight excluding hydrogens is 298 g/mol. The number of carbonyl (C=O) groups is 1. The van der Waals surface area contributed by atoms with Gasteiger partial charge in [-0.15, -0.1) is 12.4 Å². The molecule has 0 aromatic heterocycles. The van der Waals surface area contributed by atoms with Gasteiger partial charge in [-0.25, -0.2) is 0 Å². The number of hydrogen-bond donors (Lipinski definition) is 1. The zero-order valence-electron chi connectivity index (χ0n) is 13.1. The second-order valence-electron chi connectivity index (χ2n) is 6.40. The van der Waals surface area contributed by atoms with Crippen LogP contribution in [0.25, 0.3) is 0 Å². The summed E-state index contributed by atoms with van der Waals surface area (Å²) in [6.45, 7) is 1.75. The van der Waals surface area contributed by atoms with E-state index in [2.05, 4.69) is 11.9 Å². The molecule has 0 radical (unpaired) electrons. The predicted molar refractivity (Wildman–Crippen MR) is 91.0 cm³/mol. The lowest BCUT2D eigenvalue weighted by molar-refractivity contribution is -0.131. The van der Waals surface area contributed by atoms with Gasteiger partial charge in [0.1, 0.15) is 0 Å². The fourth-order valence-electron chi connectivity index (χ4n) is 3.67. The van der Waals surface area contributed by atoms with Crippen LogP contribution < -0.4 is 5.73 Å². The molecule has 2 aliphatic rings. The molecule has 2 saturated heterocycles. The van der Waals surface area contributed by atoms with Crippen LogP contribution in [-0.2, 0) is 4.79 Å². The zero-order valence-corrected chi connectivity index (χ0v) is 14.0. The number of hydrogen-bond acceptors (Lipinski definition) is 3. The van der Waals surface area contributed by atoms with Gasteiger partial charge in [0.25, 0.3) is 0 Å². The Kier molecular flexibility index (Phi) is 5.84. The van der Waals surface area contributed by atoms with E-state index >= 15 is 0 Å². The van der Waals surface area contributed by atoms with Crippen LogP contribution in [0, 0.1) is 0 Å². The highest BCUT2D eigenvalue weighted by Crippen LogP contribution is 2.29. The number of nitrogens with two attached hydrogens (primary N) is 1. The minimum Gasteiger partial charge on any atom is -0.341 e. The standard InChI is InChI=1S/C17H25N3O.ClH/c1-19-14-7-8-15(19)12-20(10-9-14)17(21)11-16(18)13-5-3-2-4-6-13;/h2-6,14-16H,7-12,18H2,1H3;1H. The van der Waals surface area contributed by atoms with Gasteiger partial charge in [-0.3, -0.25) is 9.69 Å². The molecule has 1 amide bonds. The molecule has 0 spiro atoms. The Bertz CT molecular complexity index is 496. The molecule has 122 valence electrons. The maximum atomic E-state index is 12.5. The van der Waals surface area contributed by atoms with Gasteiger partial charge in [-0.2, -0.15) is 0 Å². The van der Waals surface area contributed by atoms with E-state index in [0.29, 0.717) is 18.5 Å². The first-order valence-electron chi connectivity index (χ1n) is 7.95. The van der Waals surface area contributed by atoms with Crippen LogP contribution in [0.1, 0.15) is 37.3 Å². The summed E-state index contributed by atoms with van der Waals surface area (Å²) in [4.78, 5) is 17.0. The van der Waals surface area contributed by atoms with Gasteiger partial charge in [0.2, 0.25) is 5.91 Å². The lowest BCUT2D eigenvalue weighted by Gasteiger charge is -2.27. The molecule has 0 aliphatic carbocycles. The topological polar surface area (TPSA) is 49.6 Å². The Morgan fingerprint density at radius 1 is 1.23 bits per heavy atom. The van der Waals surface area contributed by atoms with Crippen LogP contribution in [0.15, 0.2) is 30.3 Å². The van der Waals surface area contributed by atoms with Crippen molar-refractivity contribution in [2.45, 2.75) is 43.8 Å². The highest BCUT2D eigenvalue weighted by Gasteiger charge is 2.36. The van der Waals surface area contributed by atoms with E-state index in [-0.39, 0.29) is 24.4 Å². The summed E-state index contributed by atoms with van der Waals surface area (Å²) in [5.74, 6) is 0.201. The number of fused-ring (bicyclic) bond motifs is 2. The number of likely N-dealkylation sites (N-methyl/N-ethyl adjacent to an activating group) is 1. The fourth-order valence-corrected chi connectivity index (χ4v) is 3.67. The third-order valence-electron chi connectivity index (χ3n) is 5.12. The second kappa shape index (κ2) is 7.44. The van der Waals surface area contributed by atoms with Crippen LogP contribution >= 0.6 is 12.4 Å². The molecule has 1 aromatic carbocycles. The number of halogens is 1. The molecule has 3 rings (SSSR count). The number of carbonyl (C=O) groups excluding carboxylic acids is 1. The van der Waals surface area contributed by atoms with Crippen molar-refractivity contribution in [2.75, 3.05) is 20.1 Å². The summed E-state index contributed by atoms with van der Waals surface area (Å²) < 4.78 is 0. The van der Waals surface area contributed by atoms with E-state index in [9.17, 15) is 4.79 Å². The van der Waals surface area contributed by atoms with Crippen LogP contribution in [0.5, 0.6) is 0 Å². The van der Waals surface area contributed by atoms with Crippen molar-refractivity contribution in [2.24, 2.45) is 5.73 Å². The number of nitrogens with zero attached hydrogens (tertiary/aromatic N) is 2. The molecule has 2 aliphatic heterocycles. The molecule has 2 N–H and O–H groups in total. The fraction of sp³-hybridized carbons (Fsp3) is 0.588. The van der Waals surface area contributed by atoms with E-state index in [1.165, 1.54) is 12.8 Å². The Morgan fingerprint density at radius 3 is 2.64 bits per heavy atom. The van der Waals surface area contributed by atoms with Gasteiger partial charge in [0.15, 0.2) is 0 Å². The Balaban J connectivity index is 0.00000176. The van der Waals surface area contributed by atoms with E-state index in [4.69, 9.17) is 5.73 Å². The molecule has 22 heavy (non-hydrogen) atoms. The highest BCUT2D eigenvalue weighted by molar-refractivity contribution is 5.85. The molecule has 2 heterocycles. The van der Waals surface area contributed by atoms with Gasteiger partial charge in [0.05, 0.1) is 0 Å². The Morgan fingerprint density at radius 2 is 1.91 bits per heavy atom. The number of benzene rings is 1. The quantitative estimate of drug-likeness (QED) is 0.927. The van der Waals surface area contributed by atoms with Crippen LogP contribution in [0.2, 0.25) is 0 Å². The maximum absolute atomic E-state index is 12.5. The van der Waals surface area contributed by atoms with Gasteiger partial charge < -0.3 is 10.6 Å². The van der Waals surface area contributed by atoms with Gasteiger partial charge in [-0.05, 0) is 31.9 Å². The molecule has 5 heteroatoms. The maximum Gasteiger partial charge on any atom is 0.224 e. The van der Waals surface area contributed by atoms with Crippen LogP contribution in [0.3, 0.4) is 0 Å².